The first kappa shape index (κ1) is 17.8. The minimum Gasteiger partial charge on any atom is -0.342 e. The molecular formula is C20H18N4OS. The first-order valence-corrected chi connectivity index (χ1v) is 9.14. The predicted molar refractivity (Wildman–Crippen MR) is 103 cm³/mol. The number of benzene rings is 2. The fraction of sp³-hybridized carbons (Fsp3) is 0.150. The Labute approximate surface area is 156 Å². The Bertz CT molecular complexity index is 927. The zero-order valence-electron chi connectivity index (χ0n) is 14.3. The summed E-state index contributed by atoms with van der Waals surface area (Å²) in [4.78, 5) is 16.3. The molecule has 130 valence electrons. The van der Waals surface area contributed by atoms with Gasteiger partial charge in [-0.05, 0) is 19.1 Å². The van der Waals surface area contributed by atoms with Crippen molar-refractivity contribution in [2.75, 3.05) is 12.3 Å². The molecule has 3 rings (SSSR count). The SMILES string of the molecule is Cc1ccc(-n2c(-c3ccccc3)cnc2SCC(=O)NCC#N)cc1. The lowest BCUT2D eigenvalue weighted by Crippen LogP contribution is -2.25. The molecule has 0 saturated carbocycles. The summed E-state index contributed by atoms with van der Waals surface area (Å²) in [5.41, 5.74) is 4.20. The Balaban J connectivity index is 1.94. The second kappa shape index (κ2) is 8.37. The van der Waals surface area contributed by atoms with Crippen LogP contribution in [-0.4, -0.2) is 27.8 Å². The maximum Gasteiger partial charge on any atom is 0.231 e. The summed E-state index contributed by atoms with van der Waals surface area (Å²) in [5, 5.41) is 11.8. The summed E-state index contributed by atoms with van der Waals surface area (Å²) < 4.78 is 2.05. The molecule has 0 saturated heterocycles. The van der Waals surface area contributed by atoms with E-state index in [-0.39, 0.29) is 18.2 Å². The number of hydrogen-bond acceptors (Lipinski definition) is 4. The van der Waals surface area contributed by atoms with Crippen molar-refractivity contribution < 1.29 is 4.79 Å². The van der Waals surface area contributed by atoms with Crippen LogP contribution < -0.4 is 5.32 Å². The van der Waals surface area contributed by atoms with Crippen LogP contribution in [0, 0.1) is 18.3 Å². The number of thioether (sulfide) groups is 1. The van der Waals surface area contributed by atoms with Crippen LogP contribution in [0.25, 0.3) is 16.9 Å². The molecule has 1 aromatic heterocycles. The van der Waals surface area contributed by atoms with Crippen molar-refractivity contribution in [2.45, 2.75) is 12.1 Å². The van der Waals surface area contributed by atoms with E-state index in [1.54, 1.807) is 0 Å². The Morgan fingerprint density at radius 1 is 1.19 bits per heavy atom. The van der Waals surface area contributed by atoms with Gasteiger partial charge in [-0.15, -0.1) is 0 Å². The molecule has 0 fully saturated rings. The molecule has 6 heteroatoms. The lowest BCUT2D eigenvalue weighted by atomic mass is 10.1. The summed E-state index contributed by atoms with van der Waals surface area (Å²) in [7, 11) is 0. The van der Waals surface area contributed by atoms with E-state index in [0.717, 1.165) is 22.1 Å². The number of carbonyl (C=O) groups is 1. The van der Waals surface area contributed by atoms with Crippen molar-refractivity contribution in [3.05, 3.63) is 66.4 Å². The van der Waals surface area contributed by atoms with Crippen LogP contribution in [0.1, 0.15) is 5.56 Å². The van der Waals surface area contributed by atoms with Gasteiger partial charge in [0, 0.05) is 11.3 Å². The fourth-order valence-corrected chi connectivity index (χ4v) is 3.33. The van der Waals surface area contributed by atoms with Gasteiger partial charge in [-0.1, -0.05) is 59.8 Å². The number of amides is 1. The molecule has 0 aliphatic heterocycles. The van der Waals surface area contributed by atoms with Crippen LogP contribution in [0.4, 0.5) is 0 Å². The molecule has 1 amide bonds. The molecule has 0 bridgehead atoms. The number of hydrogen-bond donors (Lipinski definition) is 1. The topological polar surface area (TPSA) is 70.7 Å². The van der Waals surface area contributed by atoms with Gasteiger partial charge in [0.2, 0.25) is 5.91 Å². The Kier molecular flexibility index (Phi) is 5.72. The number of nitrogens with zero attached hydrogens (tertiary/aromatic N) is 3. The summed E-state index contributed by atoms with van der Waals surface area (Å²) in [6.07, 6.45) is 1.82. The summed E-state index contributed by atoms with van der Waals surface area (Å²) in [6, 6.07) is 20.1. The third kappa shape index (κ3) is 4.13. The first-order valence-electron chi connectivity index (χ1n) is 8.15. The van der Waals surface area contributed by atoms with E-state index in [1.807, 2.05) is 61.7 Å². The van der Waals surface area contributed by atoms with Crippen molar-refractivity contribution >= 4 is 17.7 Å². The molecule has 3 aromatic rings. The number of carbonyl (C=O) groups excluding carboxylic acids is 1. The van der Waals surface area contributed by atoms with Crippen LogP contribution in [0.5, 0.6) is 0 Å². The maximum absolute atomic E-state index is 11.8. The van der Waals surface area contributed by atoms with Crippen LogP contribution in [0.2, 0.25) is 0 Å². The highest BCUT2D eigenvalue weighted by atomic mass is 32.2. The number of aromatic nitrogens is 2. The van der Waals surface area contributed by atoms with Crippen LogP contribution in [0.3, 0.4) is 0 Å². The van der Waals surface area contributed by atoms with Crippen LogP contribution in [0.15, 0.2) is 66.0 Å². The molecule has 0 radical (unpaired) electrons. The van der Waals surface area contributed by atoms with E-state index in [1.165, 1.54) is 17.3 Å². The predicted octanol–water partition coefficient (Wildman–Crippen LogP) is 3.58. The van der Waals surface area contributed by atoms with Crippen molar-refractivity contribution in [2.24, 2.45) is 0 Å². The maximum atomic E-state index is 11.8. The summed E-state index contributed by atoms with van der Waals surface area (Å²) in [6.45, 7) is 2.06. The normalized spacial score (nSPS) is 10.3. The van der Waals surface area contributed by atoms with Crippen molar-refractivity contribution in [1.29, 1.82) is 5.26 Å². The standard InChI is InChI=1S/C20H18N4OS/c1-15-7-9-17(10-8-15)24-18(16-5-3-2-4-6-16)13-23-20(24)26-14-19(25)22-12-11-21/h2-10,13H,12,14H2,1H3,(H,22,25). The smallest absolute Gasteiger partial charge is 0.231 e. The van der Waals surface area contributed by atoms with Crippen LogP contribution >= 0.6 is 11.8 Å². The molecule has 5 nitrogen and oxygen atoms in total. The monoisotopic (exact) mass is 362 g/mol. The number of imidazole rings is 1. The molecule has 2 aromatic carbocycles. The molecule has 1 N–H and O–H groups in total. The molecule has 0 atom stereocenters. The minimum absolute atomic E-state index is 0.0149. The molecular weight excluding hydrogens is 344 g/mol. The molecule has 1 heterocycles. The van der Waals surface area contributed by atoms with Crippen molar-refractivity contribution in [3.63, 3.8) is 0 Å². The quantitative estimate of drug-likeness (QED) is 0.537. The average Bonchev–Trinajstić information content (AvgIpc) is 3.10. The van der Waals surface area contributed by atoms with Gasteiger partial charge >= 0.3 is 0 Å². The lowest BCUT2D eigenvalue weighted by Gasteiger charge is -2.12. The Morgan fingerprint density at radius 2 is 1.92 bits per heavy atom. The highest BCUT2D eigenvalue weighted by Gasteiger charge is 2.15. The zero-order chi connectivity index (χ0) is 18.4. The highest BCUT2D eigenvalue weighted by Crippen LogP contribution is 2.29. The second-order valence-electron chi connectivity index (χ2n) is 5.69. The molecule has 0 aliphatic rings. The Morgan fingerprint density at radius 3 is 2.62 bits per heavy atom. The van der Waals surface area contributed by atoms with Gasteiger partial charge in [-0.2, -0.15) is 5.26 Å². The van der Waals surface area contributed by atoms with Gasteiger partial charge in [-0.3, -0.25) is 9.36 Å². The van der Waals surface area contributed by atoms with Gasteiger partial charge in [0.05, 0.1) is 23.7 Å². The molecule has 26 heavy (non-hydrogen) atoms. The molecule has 0 unspecified atom stereocenters. The molecule has 0 spiro atoms. The van der Waals surface area contributed by atoms with Gasteiger partial charge < -0.3 is 5.32 Å². The lowest BCUT2D eigenvalue weighted by molar-refractivity contribution is -0.118. The van der Waals surface area contributed by atoms with Crippen LogP contribution in [-0.2, 0) is 4.79 Å². The van der Waals surface area contributed by atoms with E-state index < -0.39 is 0 Å². The summed E-state index contributed by atoms with van der Waals surface area (Å²) >= 11 is 1.35. The number of aryl methyl sites for hydroxylation is 1. The van der Waals surface area contributed by atoms with E-state index in [2.05, 4.69) is 27.0 Å². The molecule has 0 aliphatic carbocycles. The summed E-state index contributed by atoms with van der Waals surface area (Å²) in [5.74, 6) is 0.0231. The third-order valence-electron chi connectivity index (χ3n) is 3.79. The number of rotatable bonds is 6. The second-order valence-corrected chi connectivity index (χ2v) is 6.63. The first-order chi connectivity index (χ1) is 12.7. The van der Waals surface area contributed by atoms with Crippen molar-refractivity contribution in [3.8, 4) is 23.0 Å². The highest BCUT2D eigenvalue weighted by molar-refractivity contribution is 7.99. The van der Waals surface area contributed by atoms with Crippen molar-refractivity contribution in [1.82, 2.24) is 14.9 Å². The largest absolute Gasteiger partial charge is 0.342 e. The van der Waals surface area contributed by atoms with E-state index >= 15 is 0 Å². The number of nitriles is 1. The van der Waals surface area contributed by atoms with Gasteiger partial charge in [0.15, 0.2) is 5.16 Å². The van der Waals surface area contributed by atoms with Gasteiger partial charge in [0.25, 0.3) is 0 Å². The fourth-order valence-electron chi connectivity index (χ4n) is 2.51. The van der Waals surface area contributed by atoms with E-state index in [0.29, 0.717) is 0 Å². The van der Waals surface area contributed by atoms with Gasteiger partial charge in [-0.25, -0.2) is 4.98 Å². The number of nitrogens with one attached hydrogen (secondary N) is 1. The zero-order valence-corrected chi connectivity index (χ0v) is 15.2. The Hall–Kier alpha value is -3.04. The average molecular weight is 362 g/mol. The third-order valence-corrected chi connectivity index (χ3v) is 4.74. The minimum atomic E-state index is -0.184. The van der Waals surface area contributed by atoms with Gasteiger partial charge in [0.1, 0.15) is 6.54 Å². The van der Waals surface area contributed by atoms with E-state index in [9.17, 15) is 4.79 Å². The van der Waals surface area contributed by atoms with E-state index in [4.69, 9.17) is 5.26 Å².